The smallest absolute Gasteiger partial charge is 0.138 e. The number of halogens is 2. The molecule has 19 heavy (non-hydrogen) atoms. The van der Waals surface area contributed by atoms with E-state index >= 15 is 0 Å². The fraction of sp³-hybridized carbons (Fsp3) is 0.538. The van der Waals surface area contributed by atoms with Gasteiger partial charge in [-0.2, -0.15) is 0 Å². The monoisotopic (exact) mass is 306 g/mol. The number of aliphatic hydroxyl groups is 1. The normalized spacial score (nSPS) is 14.7. The number of phenolic OH excluding ortho intramolecular Hbond substituents is 1. The molecule has 0 aliphatic rings. The van der Waals surface area contributed by atoms with Gasteiger partial charge >= 0.3 is 0 Å². The van der Waals surface area contributed by atoms with Gasteiger partial charge in [0.25, 0.3) is 0 Å². The largest absolute Gasteiger partial charge is 0.506 e. The Hall–Kier alpha value is -0.520. The van der Waals surface area contributed by atoms with Crippen molar-refractivity contribution in [2.24, 2.45) is 0 Å². The maximum Gasteiger partial charge on any atom is 0.138 e. The van der Waals surface area contributed by atoms with E-state index in [-0.39, 0.29) is 10.8 Å². The molecule has 1 aromatic rings. The molecule has 1 unspecified atom stereocenters. The van der Waals surface area contributed by atoms with Crippen LogP contribution in [-0.2, 0) is 6.54 Å². The van der Waals surface area contributed by atoms with Crippen LogP contribution in [0.5, 0.6) is 5.75 Å². The maximum absolute atomic E-state index is 10.1. The minimum Gasteiger partial charge on any atom is -0.506 e. The molecule has 0 saturated carbocycles. The molecule has 0 aromatic heterocycles. The molecule has 1 rings (SSSR count). The number of aromatic hydroxyl groups is 1. The summed E-state index contributed by atoms with van der Waals surface area (Å²) in [6, 6.07) is 3.14. The average molecular weight is 307 g/mol. The SMILES string of the molecule is CN(C)CC(C)(O)CNCc1cc(Cl)cc(Cl)c1O. The van der Waals surface area contributed by atoms with Crippen LogP contribution >= 0.6 is 23.2 Å². The summed E-state index contributed by atoms with van der Waals surface area (Å²) >= 11 is 11.7. The lowest BCUT2D eigenvalue weighted by Crippen LogP contribution is -2.45. The minimum absolute atomic E-state index is 0.0193. The van der Waals surface area contributed by atoms with Crippen LogP contribution in [0.2, 0.25) is 10.0 Å². The van der Waals surface area contributed by atoms with Crippen LogP contribution in [0.15, 0.2) is 12.1 Å². The van der Waals surface area contributed by atoms with E-state index in [0.717, 1.165) is 0 Å². The molecule has 3 N–H and O–H groups in total. The molecule has 0 radical (unpaired) electrons. The second-order valence-corrected chi connectivity index (χ2v) is 6.08. The van der Waals surface area contributed by atoms with Gasteiger partial charge in [-0.25, -0.2) is 0 Å². The molecule has 108 valence electrons. The second-order valence-electron chi connectivity index (χ2n) is 5.23. The number of hydrogen-bond donors (Lipinski definition) is 3. The molecule has 1 atom stereocenters. The third kappa shape index (κ3) is 5.55. The van der Waals surface area contributed by atoms with Gasteiger partial charge in [0.15, 0.2) is 0 Å². The minimum atomic E-state index is -0.846. The van der Waals surface area contributed by atoms with Crippen molar-refractivity contribution in [3.05, 3.63) is 27.7 Å². The Morgan fingerprint density at radius 2 is 1.95 bits per heavy atom. The molecule has 0 amide bonds. The third-order valence-electron chi connectivity index (χ3n) is 2.59. The van der Waals surface area contributed by atoms with E-state index in [1.165, 1.54) is 6.07 Å². The Bertz CT molecular complexity index is 437. The van der Waals surface area contributed by atoms with Gasteiger partial charge < -0.3 is 20.4 Å². The number of nitrogens with one attached hydrogen (secondary N) is 1. The third-order valence-corrected chi connectivity index (χ3v) is 3.09. The van der Waals surface area contributed by atoms with Crippen molar-refractivity contribution in [2.75, 3.05) is 27.2 Å². The van der Waals surface area contributed by atoms with Crippen molar-refractivity contribution in [2.45, 2.75) is 19.1 Å². The molecular formula is C13H20Cl2N2O2. The molecule has 0 bridgehead atoms. The lowest BCUT2D eigenvalue weighted by Gasteiger charge is -2.27. The number of phenols is 1. The second kappa shape index (κ2) is 6.77. The number of benzene rings is 1. The van der Waals surface area contributed by atoms with Crippen LogP contribution < -0.4 is 5.32 Å². The molecule has 0 heterocycles. The first-order chi connectivity index (χ1) is 8.71. The fourth-order valence-electron chi connectivity index (χ4n) is 1.96. The van der Waals surface area contributed by atoms with Crippen LogP contribution in [0.3, 0.4) is 0 Å². The first-order valence-corrected chi connectivity index (χ1v) is 6.71. The number of likely N-dealkylation sites (N-methyl/N-ethyl adjacent to an activating group) is 1. The summed E-state index contributed by atoms with van der Waals surface area (Å²) in [5.74, 6) is 0.0193. The summed E-state index contributed by atoms with van der Waals surface area (Å²) in [5.41, 5.74) is -0.236. The number of nitrogens with zero attached hydrogens (tertiary/aromatic N) is 1. The molecule has 0 spiro atoms. The first-order valence-electron chi connectivity index (χ1n) is 5.96. The Balaban J connectivity index is 2.58. The molecule has 0 saturated heterocycles. The summed E-state index contributed by atoms with van der Waals surface area (Å²) in [5, 5.41) is 23.7. The Morgan fingerprint density at radius 1 is 1.32 bits per heavy atom. The zero-order chi connectivity index (χ0) is 14.6. The van der Waals surface area contributed by atoms with Crippen molar-refractivity contribution in [1.82, 2.24) is 10.2 Å². The van der Waals surface area contributed by atoms with E-state index in [1.54, 1.807) is 13.0 Å². The Morgan fingerprint density at radius 3 is 2.53 bits per heavy atom. The van der Waals surface area contributed by atoms with E-state index in [4.69, 9.17) is 23.2 Å². The lowest BCUT2D eigenvalue weighted by molar-refractivity contribution is 0.0335. The predicted octanol–water partition coefficient (Wildman–Crippen LogP) is 2.10. The van der Waals surface area contributed by atoms with Gasteiger partial charge in [-0.3, -0.25) is 0 Å². The van der Waals surface area contributed by atoms with Crippen LogP contribution in [0.4, 0.5) is 0 Å². The van der Waals surface area contributed by atoms with E-state index in [1.807, 2.05) is 19.0 Å². The van der Waals surface area contributed by atoms with Crippen molar-refractivity contribution >= 4 is 23.2 Å². The van der Waals surface area contributed by atoms with E-state index in [9.17, 15) is 10.2 Å². The topological polar surface area (TPSA) is 55.7 Å². The number of rotatable bonds is 6. The summed E-state index contributed by atoms with van der Waals surface area (Å²) in [6.07, 6.45) is 0. The molecular weight excluding hydrogens is 287 g/mol. The van der Waals surface area contributed by atoms with Gasteiger partial charge in [-0.15, -0.1) is 0 Å². The van der Waals surface area contributed by atoms with Gasteiger partial charge in [0.05, 0.1) is 10.6 Å². The van der Waals surface area contributed by atoms with Gasteiger partial charge in [-0.1, -0.05) is 23.2 Å². The molecule has 6 heteroatoms. The predicted molar refractivity (Wildman–Crippen MR) is 79.0 cm³/mol. The van der Waals surface area contributed by atoms with Crippen LogP contribution in [-0.4, -0.2) is 47.9 Å². The molecule has 0 aliphatic heterocycles. The summed E-state index contributed by atoms with van der Waals surface area (Å²) in [6.45, 7) is 3.08. The molecule has 0 fully saturated rings. The summed E-state index contributed by atoms with van der Waals surface area (Å²) in [4.78, 5) is 1.91. The maximum atomic E-state index is 10.1. The molecule has 4 nitrogen and oxygen atoms in total. The van der Waals surface area contributed by atoms with Gasteiger partial charge in [0, 0.05) is 30.2 Å². The lowest BCUT2D eigenvalue weighted by atomic mass is 10.1. The molecule has 1 aromatic carbocycles. The molecule has 0 aliphatic carbocycles. The highest BCUT2D eigenvalue weighted by Gasteiger charge is 2.20. The first kappa shape index (κ1) is 16.5. The van der Waals surface area contributed by atoms with Crippen molar-refractivity contribution < 1.29 is 10.2 Å². The van der Waals surface area contributed by atoms with Crippen molar-refractivity contribution in [3.63, 3.8) is 0 Å². The highest BCUT2D eigenvalue weighted by Crippen LogP contribution is 2.30. The highest BCUT2D eigenvalue weighted by atomic mass is 35.5. The summed E-state index contributed by atoms with van der Waals surface area (Å²) < 4.78 is 0. The summed E-state index contributed by atoms with van der Waals surface area (Å²) in [7, 11) is 3.80. The Kier molecular flexibility index (Phi) is 5.89. The van der Waals surface area contributed by atoms with Crippen LogP contribution in [0, 0.1) is 0 Å². The number of hydrogen-bond acceptors (Lipinski definition) is 4. The Labute approximate surface area is 123 Å². The van der Waals surface area contributed by atoms with Gasteiger partial charge in [0.1, 0.15) is 5.75 Å². The zero-order valence-corrected chi connectivity index (χ0v) is 12.9. The van der Waals surface area contributed by atoms with Crippen molar-refractivity contribution in [1.29, 1.82) is 0 Å². The highest BCUT2D eigenvalue weighted by molar-refractivity contribution is 6.35. The van der Waals surface area contributed by atoms with E-state index in [2.05, 4.69) is 5.32 Å². The van der Waals surface area contributed by atoms with Gasteiger partial charge in [-0.05, 0) is 33.2 Å². The zero-order valence-electron chi connectivity index (χ0n) is 11.4. The average Bonchev–Trinajstić information content (AvgIpc) is 2.22. The fourth-order valence-corrected chi connectivity index (χ4v) is 2.49. The van der Waals surface area contributed by atoms with Crippen LogP contribution in [0.1, 0.15) is 12.5 Å². The van der Waals surface area contributed by atoms with Crippen LogP contribution in [0.25, 0.3) is 0 Å². The van der Waals surface area contributed by atoms with E-state index < -0.39 is 5.60 Å². The standard InChI is InChI=1S/C13H20Cl2N2O2/c1-13(19,8-17(2)3)7-16-6-9-4-10(14)5-11(15)12(9)18/h4-5,16,18-19H,6-8H2,1-3H3. The quantitative estimate of drug-likeness (QED) is 0.753. The van der Waals surface area contributed by atoms with E-state index in [0.29, 0.717) is 30.2 Å². The van der Waals surface area contributed by atoms with Gasteiger partial charge in [0.2, 0.25) is 0 Å². The van der Waals surface area contributed by atoms with Crippen molar-refractivity contribution in [3.8, 4) is 5.75 Å².